The third-order valence-corrected chi connectivity index (χ3v) is 5.38. The minimum Gasteiger partial charge on any atom is -0.276 e. The number of aromatic nitrogens is 1. The fourth-order valence-electron chi connectivity index (χ4n) is 4.61. The van der Waals surface area contributed by atoms with Crippen LogP contribution in [0.5, 0.6) is 0 Å². The lowest BCUT2D eigenvalue weighted by Gasteiger charge is -2.60. The van der Waals surface area contributed by atoms with E-state index in [9.17, 15) is 0 Å². The number of nitrogens with zero attached hydrogens (tertiary/aromatic N) is 6. The zero-order chi connectivity index (χ0) is 17.4. The third kappa shape index (κ3) is 2.86. The predicted molar refractivity (Wildman–Crippen MR) is 102 cm³/mol. The molecule has 4 aliphatic rings. The zero-order valence-corrected chi connectivity index (χ0v) is 14.7. The van der Waals surface area contributed by atoms with Gasteiger partial charge in [-0.25, -0.2) is 0 Å². The number of pyridine rings is 1. The van der Waals surface area contributed by atoms with Gasteiger partial charge in [-0.1, -0.05) is 36.4 Å². The Morgan fingerprint density at radius 3 is 2.23 bits per heavy atom. The number of rotatable bonds is 4. The van der Waals surface area contributed by atoms with Crippen molar-refractivity contribution in [2.75, 3.05) is 39.6 Å². The second-order valence-corrected chi connectivity index (χ2v) is 7.54. The van der Waals surface area contributed by atoms with Gasteiger partial charge in [0.25, 0.3) is 0 Å². The maximum atomic E-state index is 4.76. The summed E-state index contributed by atoms with van der Waals surface area (Å²) in [5.74, 6) is 0. The molecule has 6 nitrogen and oxygen atoms in total. The Morgan fingerprint density at radius 1 is 0.923 bits per heavy atom. The molecule has 4 aliphatic heterocycles. The summed E-state index contributed by atoms with van der Waals surface area (Å²) in [6, 6.07) is 14.4. The minimum absolute atomic E-state index is 0.0163. The summed E-state index contributed by atoms with van der Waals surface area (Å²) < 4.78 is 0. The predicted octanol–water partition coefficient (Wildman–Crippen LogP) is 1.71. The van der Waals surface area contributed by atoms with Crippen molar-refractivity contribution in [1.82, 2.24) is 19.7 Å². The van der Waals surface area contributed by atoms with E-state index in [0.717, 1.165) is 50.9 Å². The monoisotopic (exact) mass is 346 g/mol. The molecule has 1 aromatic carbocycles. The maximum Gasteiger partial charge on any atom is 0.0802 e. The molecular formula is C20H22N6. The van der Waals surface area contributed by atoms with Gasteiger partial charge in [0.2, 0.25) is 0 Å². The molecule has 0 radical (unpaired) electrons. The summed E-state index contributed by atoms with van der Waals surface area (Å²) in [4.78, 5) is 11.7. The highest BCUT2D eigenvalue weighted by molar-refractivity contribution is 6.05. The Morgan fingerprint density at radius 2 is 1.62 bits per heavy atom. The van der Waals surface area contributed by atoms with E-state index in [0.29, 0.717) is 0 Å². The van der Waals surface area contributed by atoms with Crippen LogP contribution in [-0.2, 0) is 0 Å². The van der Waals surface area contributed by atoms with Crippen LogP contribution in [0.2, 0.25) is 0 Å². The van der Waals surface area contributed by atoms with Crippen LogP contribution in [0, 0.1) is 5.41 Å². The van der Waals surface area contributed by atoms with Gasteiger partial charge in [0.15, 0.2) is 0 Å². The van der Waals surface area contributed by atoms with E-state index < -0.39 is 0 Å². The molecule has 1 aromatic heterocycles. The summed E-state index contributed by atoms with van der Waals surface area (Å²) in [5.41, 5.74) is 3.24. The lowest BCUT2D eigenvalue weighted by molar-refractivity contribution is -0.149. The van der Waals surface area contributed by atoms with E-state index in [2.05, 4.69) is 55.1 Å². The van der Waals surface area contributed by atoms with Crippen molar-refractivity contribution < 1.29 is 0 Å². The topological polar surface area (TPSA) is 47.3 Å². The van der Waals surface area contributed by atoms with Gasteiger partial charge in [0.1, 0.15) is 0 Å². The number of benzene rings is 1. The van der Waals surface area contributed by atoms with Crippen LogP contribution in [0.4, 0.5) is 0 Å². The van der Waals surface area contributed by atoms with E-state index in [-0.39, 0.29) is 5.41 Å². The molecule has 0 aliphatic carbocycles. The maximum absolute atomic E-state index is 4.76. The Bertz CT molecular complexity index is 795. The Labute approximate surface area is 153 Å². The van der Waals surface area contributed by atoms with Crippen molar-refractivity contribution in [3.63, 3.8) is 0 Å². The SMILES string of the molecule is C(=NN=C(c1ccccc1)C12CN3CN(CN(C3)C1)C2)c1cccnc1. The van der Waals surface area contributed by atoms with Gasteiger partial charge in [0.05, 0.1) is 37.3 Å². The molecule has 4 fully saturated rings. The van der Waals surface area contributed by atoms with Crippen LogP contribution in [0.3, 0.4) is 0 Å². The molecule has 4 saturated heterocycles. The highest BCUT2D eigenvalue weighted by atomic mass is 15.5. The van der Waals surface area contributed by atoms with Crippen molar-refractivity contribution in [2.45, 2.75) is 0 Å². The fraction of sp³-hybridized carbons (Fsp3) is 0.350. The Kier molecular flexibility index (Phi) is 3.89. The van der Waals surface area contributed by atoms with Crippen molar-refractivity contribution >= 4 is 11.9 Å². The average Bonchev–Trinajstić information content (AvgIpc) is 2.65. The summed E-state index contributed by atoms with van der Waals surface area (Å²) in [6.45, 7) is 6.36. The minimum atomic E-state index is 0.0163. The Hall–Kier alpha value is -2.41. The van der Waals surface area contributed by atoms with Crippen molar-refractivity contribution in [3.05, 3.63) is 66.0 Å². The quantitative estimate of drug-likeness (QED) is 0.625. The average molecular weight is 346 g/mol. The molecule has 2 aromatic rings. The normalized spacial score (nSPS) is 33.1. The molecule has 0 spiro atoms. The van der Waals surface area contributed by atoms with Crippen LogP contribution in [-0.4, -0.2) is 71.3 Å². The first kappa shape index (κ1) is 15.8. The van der Waals surface area contributed by atoms with E-state index in [1.165, 1.54) is 5.56 Å². The van der Waals surface area contributed by atoms with Gasteiger partial charge in [-0.2, -0.15) is 10.2 Å². The van der Waals surface area contributed by atoms with E-state index >= 15 is 0 Å². The highest BCUT2D eigenvalue weighted by Crippen LogP contribution is 2.38. The molecule has 4 bridgehead atoms. The van der Waals surface area contributed by atoms with Gasteiger partial charge in [-0.3, -0.25) is 19.7 Å². The molecule has 0 atom stereocenters. The lowest BCUT2D eigenvalue weighted by Crippen LogP contribution is -2.74. The number of hydrogen-bond donors (Lipinski definition) is 0. The molecule has 0 saturated carbocycles. The molecule has 5 heterocycles. The second kappa shape index (κ2) is 6.39. The zero-order valence-electron chi connectivity index (χ0n) is 14.7. The van der Waals surface area contributed by atoms with Crippen molar-refractivity contribution in [2.24, 2.45) is 15.6 Å². The van der Waals surface area contributed by atoms with Gasteiger partial charge < -0.3 is 0 Å². The molecule has 26 heavy (non-hydrogen) atoms. The van der Waals surface area contributed by atoms with E-state index in [1.54, 1.807) is 18.6 Å². The molecule has 0 unspecified atom stereocenters. The molecule has 132 valence electrons. The van der Waals surface area contributed by atoms with Crippen LogP contribution >= 0.6 is 0 Å². The van der Waals surface area contributed by atoms with Gasteiger partial charge in [-0.05, 0) is 11.6 Å². The first-order valence-electron chi connectivity index (χ1n) is 9.05. The molecule has 6 heteroatoms. The standard InChI is InChI=1S/C20H22N6/c1-2-6-18(7-3-1)19(23-22-10-17-5-4-8-21-9-17)20-11-24-14-25(12-20)16-26(13-20)15-24/h1-10H,11-16H2. The molecule has 0 amide bonds. The lowest BCUT2D eigenvalue weighted by atomic mass is 9.74. The van der Waals surface area contributed by atoms with Crippen molar-refractivity contribution in [1.29, 1.82) is 0 Å². The first-order valence-corrected chi connectivity index (χ1v) is 9.05. The molecule has 0 N–H and O–H groups in total. The van der Waals surface area contributed by atoms with Crippen LogP contribution in [0.1, 0.15) is 11.1 Å². The van der Waals surface area contributed by atoms with E-state index in [1.807, 2.05) is 12.1 Å². The van der Waals surface area contributed by atoms with E-state index in [4.69, 9.17) is 5.10 Å². The summed E-state index contributed by atoms with van der Waals surface area (Å²) in [6.07, 6.45) is 5.36. The fourth-order valence-corrected chi connectivity index (χ4v) is 4.61. The smallest absolute Gasteiger partial charge is 0.0802 e. The van der Waals surface area contributed by atoms with Crippen LogP contribution in [0.25, 0.3) is 0 Å². The summed E-state index contributed by atoms with van der Waals surface area (Å²) >= 11 is 0. The van der Waals surface area contributed by atoms with Crippen molar-refractivity contribution in [3.8, 4) is 0 Å². The van der Waals surface area contributed by atoms with Gasteiger partial charge >= 0.3 is 0 Å². The summed E-state index contributed by atoms with van der Waals surface area (Å²) in [5, 5.41) is 9.20. The second-order valence-electron chi connectivity index (χ2n) is 7.54. The van der Waals surface area contributed by atoms with Crippen LogP contribution < -0.4 is 0 Å². The first-order chi connectivity index (χ1) is 12.8. The summed E-state index contributed by atoms with van der Waals surface area (Å²) in [7, 11) is 0. The van der Waals surface area contributed by atoms with Gasteiger partial charge in [-0.15, -0.1) is 0 Å². The third-order valence-electron chi connectivity index (χ3n) is 5.38. The largest absolute Gasteiger partial charge is 0.276 e. The highest BCUT2D eigenvalue weighted by Gasteiger charge is 2.51. The number of hydrogen-bond acceptors (Lipinski definition) is 6. The van der Waals surface area contributed by atoms with Gasteiger partial charge in [0, 0.05) is 37.6 Å². The van der Waals surface area contributed by atoms with Crippen LogP contribution in [0.15, 0.2) is 65.1 Å². The molecular weight excluding hydrogens is 324 g/mol. The Balaban J connectivity index is 1.53. The molecule has 6 rings (SSSR count).